The zero-order chi connectivity index (χ0) is 9.56. The molecule has 0 spiro atoms. The van der Waals surface area contributed by atoms with Gasteiger partial charge in [-0.05, 0) is 6.92 Å². The lowest BCUT2D eigenvalue weighted by molar-refractivity contribution is -0.139. The molecule has 5 heteroatoms. The number of ether oxygens (including phenoxy) is 2. The van der Waals surface area contributed by atoms with E-state index in [0.717, 1.165) is 6.08 Å². The fourth-order valence-corrected chi connectivity index (χ4v) is 0.565. The summed E-state index contributed by atoms with van der Waals surface area (Å²) in [6.45, 7) is 1.85. The van der Waals surface area contributed by atoms with Crippen LogP contribution in [0.4, 0.5) is 0 Å². The third-order valence-corrected chi connectivity index (χ3v) is 1.18. The van der Waals surface area contributed by atoms with Crippen LogP contribution in [0, 0.1) is 0 Å². The smallest absolute Gasteiger partial charge is 0.350 e. The molecule has 0 radical (unpaired) electrons. The molecule has 0 heterocycles. The third kappa shape index (κ3) is 3.98. The van der Waals surface area contributed by atoms with Gasteiger partial charge in [-0.15, -0.1) is 0 Å². The van der Waals surface area contributed by atoms with Crippen LogP contribution < -0.4 is 0 Å². The van der Waals surface area contributed by atoms with Crippen LogP contribution in [0.2, 0.25) is 0 Å². The van der Waals surface area contributed by atoms with Crippen LogP contribution in [-0.2, 0) is 19.1 Å². The van der Waals surface area contributed by atoms with Crippen molar-refractivity contribution in [3.05, 3.63) is 11.1 Å². The lowest BCUT2D eigenvalue weighted by atomic mass is 10.5. The molecule has 0 atom stereocenters. The van der Waals surface area contributed by atoms with Crippen molar-refractivity contribution >= 4 is 23.5 Å². The molecule has 0 aliphatic heterocycles. The quantitative estimate of drug-likeness (QED) is 0.491. The topological polar surface area (TPSA) is 52.6 Å². The van der Waals surface area contributed by atoms with Crippen LogP contribution in [0.25, 0.3) is 0 Å². The van der Waals surface area contributed by atoms with Crippen molar-refractivity contribution in [3.63, 3.8) is 0 Å². The maximum absolute atomic E-state index is 10.8. The van der Waals surface area contributed by atoms with Gasteiger partial charge in [-0.3, -0.25) is 0 Å². The SMILES string of the molecule is CCOC(=O)C(Cl)=CC(=O)OC. The molecule has 0 aromatic heterocycles. The average Bonchev–Trinajstić information content (AvgIpc) is 2.04. The second-order valence-corrected chi connectivity index (χ2v) is 2.14. The molecule has 0 fully saturated rings. The van der Waals surface area contributed by atoms with E-state index in [2.05, 4.69) is 9.47 Å². The van der Waals surface area contributed by atoms with Gasteiger partial charge in [0, 0.05) is 6.08 Å². The molecule has 0 rings (SSSR count). The molecule has 0 amide bonds. The second-order valence-electron chi connectivity index (χ2n) is 1.74. The lowest BCUT2D eigenvalue weighted by Gasteiger charge is -1.98. The molecule has 0 aliphatic rings. The van der Waals surface area contributed by atoms with Gasteiger partial charge in [0.25, 0.3) is 0 Å². The van der Waals surface area contributed by atoms with E-state index in [1.165, 1.54) is 7.11 Å². The summed E-state index contributed by atoms with van der Waals surface area (Å²) < 4.78 is 8.74. The van der Waals surface area contributed by atoms with Gasteiger partial charge in [0.1, 0.15) is 5.03 Å². The van der Waals surface area contributed by atoms with Gasteiger partial charge in [0.2, 0.25) is 0 Å². The summed E-state index contributed by atoms with van der Waals surface area (Å²) in [5.74, 6) is -1.42. The van der Waals surface area contributed by atoms with Gasteiger partial charge in [0.15, 0.2) is 0 Å². The Morgan fingerprint density at radius 2 is 2.08 bits per heavy atom. The summed E-state index contributed by atoms with van der Waals surface area (Å²) in [4.78, 5) is 21.3. The minimum absolute atomic E-state index is 0.212. The molecule has 0 aliphatic carbocycles. The maximum Gasteiger partial charge on any atom is 0.350 e. The molecule has 0 aromatic carbocycles. The van der Waals surface area contributed by atoms with Gasteiger partial charge in [-0.2, -0.15) is 0 Å². The molecule has 0 saturated heterocycles. The van der Waals surface area contributed by atoms with Crippen molar-refractivity contribution in [2.24, 2.45) is 0 Å². The summed E-state index contributed by atoms with van der Waals surface area (Å²) in [6.07, 6.45) is 0.861. The zero-order valence-corrected chi connectivity index (χ0v) is 7.55. The third-order valence-electron chi connectivity index (χ3n) is 0.916. The van der Waals surface area contributed by atoms with E-state index in [4.69, 9.17) is 11.6 Å². The first-order valence-corrected chi connectivity index (χ1v) is 3.61. The first-order valence-electron chi connectivity index (χ1n) is 3.24. The van der Waals surface area contributed by atoms with Crippen LogP contribution in [0.15, 0.2) is 11.1 Å². The Morgan fingerprint density at radius 3 is 2.50 bits per heavy atom. The summed E-state index contributed by atoms with van der Waals surface area (Å²) in [6, 6.07) is 0. The normalized spacial score (nSPS) is 10.8. The van der Waals surface area contributed by atoms with Crippen molar-refractivity contribution in [1.29, 1.82) is 0 Å². The number of rotatable bonds is 3. The Balaban J connectivity index is 4.17. The van der Waals surface area contributed by atoms with Crippen LogP contribution in [0.3, 0.4) is 0 Å². The maximum atomic E-state index is 10.8. The molecule has 68 valence electrons. The van der Waals surface area contributed by atoms with Crippen molar-refractivity contribution in [3.8, 4) is 0 Å². The molecule has 0 saturated carbocycles. The lowest BCUT2D eigenvalue weighted by Crippen LogP contribution is -2.06. The van der Waals surface area contributed by atoms with Crippen LogP contribution >= 0.6 is 11.6 Å². The van der Waals surface area contributed by atoms with Gasteiger partial charge >= 0.3 is 11.9 Å². The molecular weight excluding hydrogens is 184 g/mol. The van der Waals surface area contributed by atoms with E-state index < -0.39 is 11.9 Å². The molecule has 12 heavy (non-hydrogen) atoms. The van der Waals surface area contributed by atoms with Crippen LogP contribution in [0.1, 0.15) is 6.92 Å². The van der Waals surface area contributed by atoms with E-state index >= 15 is 0 Å². The van der Waals surface area contributed by atoms with Crippen molar-refractivity contribution in [2.45, 2.75) is 6.92 Å². The van der Waals surface area contributed by atoms with E-state index in [1.807, 2.05) is 0 Å². The molecule has 0 bridgehead atoms. The molecule has 0 N–H and O–H groups in total. The minimum Gasteiger partial charge on any atom is -0.466 e. The molecule has 0 aromatic rings. The Hall–Kier alpha value is -1.03. The standard InChI is InChI=1S/C7H9ClO4/c1-3-12-7(10)5(8)4-6(9)11-2/h4H,3H2,1-2H3. The summed E-state index contributed by atoms with van der Waals surface area (Å²) in [5, 5.41) is -0.288. The van der Waals surface area contributed by atoms with E-state index in [0.29, 0.717) is 0 Å². The Labute approximate surface area is 75.1 Å². The highest BCUT2D eigenvalue weighted by atomic mass is 35.5. The first kappa shape index (κ1) is 11.0. The molecule has 4 nitrogen and oxygen atoms in total. The van der Waals surface area contributed by atoms with Crippen LogP contribution in [0.5, 0.6) is 0 Å². The van der Waals surface area contributed by atoms with Gasteiger partial charge < -0.3 is 9.47 Å². The first-order chi connectivity index (χ1) is 5.61. The number of halogens is 1. The van der Waals surface area contributed by atoms with Gasteiger partial charge in [-0.1, -0.05) is 11.6 Å². The van der Waals surface area contributed by atoms with E-state index in [9.17, 15) is 9.59 Å². The fourth-order valence-electron chi connectivity index (χ4n) is 0.421. The highest BCUT2D eigenvalue weighted by molar-refractivity contribution is 6.42. The molecular formula is C7H9ClO4. The predicted molar refractivity (Wildman–Crippen MR) is 42.6 cm³/mol. The number of esters is 2. The second kappa shape index (κ2) is 5.60. The Morgan fingerprint density at radius 1 is 1.50 bits per heavy atom. The minimum atomic E-state index is -0.732. The summed E-state index contributed by atoms with van der Waals surface area (Å²) in [7, 11) is 1.19. The van der Waals surface area contributed by atoms with Crippen molar-refractivity contribution in [1.82, 2.24) is 0 Å². The van der Waals surface area contributed by atoms with Crippen molar-refractivity contribution < 1.29 is 19.1 Å². The highest BCUT2D eigenvalue weighted by Crippen LogP contribution is 2.03. The zero-order valence-electron chi connectivity index (χ0n) is 6.80. The Kier molecular flexibility index (Phi) is 5.12. The summed E-state index contributed by atoms with van der Waals surface area (Å²) >= 11 is 5.37. The van der Waals surface area contributed by atoms with Crippen molar-refractivity contribution in [2.75, 3.05) is 13.7 Å². The Bertz CT molecular complexity index is 209. The summed E-state index contributed by atoms with van der Waals surface area (Å²) in [5.41, 5.74) is 0. The number of carbonyl (C=O) groups is 2. The van der Waals surface area contributed by atoms with Gasteiger partial charge in [-0.25, -0.2) is 9.59 Å². The van der Waals surface area contributed by atoms with E-state index in [1.54, 1.807) is 6.92 Å². The van der Waals surface area contributed by atoms with Crippen LogP contribution in [-0.4, -0.2) is 25.7 Å². The molecule has 0 unspecified atom stereocenters. The predicted octanol–water partition coefficient (Wildman–Crippen LogP) is 0.845. The number of methoxy groups -OCH3 is 1. The largest absolute Gasteiger partial charge is 0.466 e. The number of hydrogen-bond donors (Lipinski definition) is 0. The number of hydrogen-bond acceptors (Lipinski definition) is 4. The number of carbonyl (C=O) groups excluding carboxylic acids is 2. The monoisotopic (exact) mass is 192 g/mol. The highest BCUT2D eigenvalue weighted by Gasteiger charge is 2.09. The average molecular weight is 193 g/mol. The van der Waals surface area contributed by atoms with Gasteiger partial charge in [0.05, 0.1) is 13.7 Å². The fraction of sp³-hybridized carbons (Fsp3) is 0.429. The van der Waals surface area contributed by atoms with E-state index in [-0.39, 0.29) is 11.6 Å².